The van der Waals surface area contributed by atoms with Crippen molar-refractivity contribution in [1.82, 2.24) is 10.2 Å². The van der Waals surface area contributed by atoms with Crippen molar-refractivity contribution in [2.75, 3.05) is 23.7 Å². The summed E-state index contributed by atoms with van der Waals surface area (Å²) in [7, 11) is -3.71. The molecule has 2 aromatic rings. The van der Waals surface area contributed by atoms with Crippen LogP contribution in [-0.2, 0) is 26.2 Å². The first kappa shape index (κ1) is 25.4. The predicted molar refractivity (Wildman–Crippen MR) is 128 cm³/mol. The van der Waals surface area contributed by atoms with Crippen LogP contribution in [0.15, 0.2) is 54.6 Å². The molecule has 0 aliphatic carbocycles. The van der Waals surface area contributed by atoms with Gasteiger partial charge in [-0.1, -0.05) is 61.4 Å². The third-order valence-electron chi connectivity index (χ3n) is 5.19. The molecule has 32 heavy (non-hydrogen) atoms. The summed E-state index contributed by atoms with van der Waals surface area (Å²) in [5.74, 6) is -0.707. The Hall–Kier alpha value is -2.87. The normalized spacial score (nSPS) is 12.1. The van der Waals surface area contributed by atoms with Crippen LogP contribution in [0.1, 0.15) is 37.8 Å². The molecule has 174 valence electrons. The molecule has 7 nitrogen and oxygen atoms in total. The summed E-state index contributed by atoms with van der Waals surface area (Å²) in [6.07, 6.45) is 2.87. The van der Waals surface area contributed by atoms with Gasteiger partial charge in [-0.15, -0.1) is 0 Å². The van der Waals surface area contributed by atoms with Crippen molar-refractivity contribution in [3.05, 3.63) is 65.7 Å². The number of sulfonamides is 1. The summed E-state index contributed by atoms with van der Waals surface area (Å²) in [4.78, 5) is 27.5. The summed E-state index contributed by atoms with van der Waals surface area (Å²) in [6, 6.07) is 15.5. The highest BCUT2D eigenvalue weighted by molar-refractivity contribution is 7.92. The molecule has 1 N–H and O–H groups in total. The van der Waals surface area contributed by atoms with Crippen molar-refractivity contribution in [3.8, 4) is 0 Å². The minimum absolute atomic E-state index is 0.202. The zero-order valence-corrected chi connectivity index (χ0v) is 20.1. The Bertz CT molecular complexity index is 992. The van der Waals surface area contributed by atoms with Crippen molar-refractivity contribution in [1.29, 1.82) is 0 Å². The minimum atomic E-state index is -3.71. The smallest absolute Gasteiger partial charge is 0.244 e. The molecule has 0 saturated carbocycles. The van der Waals surface area contributed by atoms with Crippen LogP contribution in [0.2, 0.25) is 0 Å². The van der Waals surface area contributed by atoms with E-state index in [2.05, 4.69) is 5.32 Å². The van der Waals surface area contributed by atoms with Crippen LogP contribution in [0.25, 0.3) is 0 Å². The number of hydrogen-bond acceptors (Lipinski definition) is 4. The maximum atomic E-state index is 13.4. The third-order valence-corrected chi connectivity index (χ3v) is 6.33. The first-order chi connectivity index (χ1) is 15.1. The second-order valence-electron chi connectivity index (χ2n) is 7.93. The number of nitrogens with one attached hydrogen (secondary N) is 1. The number of amides is 2. The fourth-order valence-electron chi connectivity index (χ4n) is 3.22. The van der Waals surface area contributed by atoms with Crippen LogP contribution >= 0.6 is 0 Å². The molecule has 2 rings (SSSR count). The second-order valence-corrected chi connectivity index (χ2v) is 9.84. The predicted octanol–water partition coefficient (Wildman–Crippen LogP) is 3.09. The molecule has 0 heterocycles. The lowest BCUT2D eigenvalue weighted by atomic mass is 10.1. The lowest BCUT2D eigenvalue weighted by Gasteiger charge is -2.31. The molecule has 2 amide bonds. The maximum Gasteiger partial charge on any atom is 0.244 e. The van der Waals surface area contributed by atoms with Crippen LogP contribution < -0.4 is 9.62 Å². The summed E-state index contributed by atoms with van der Waals surface area (Å²) in [5, 5.41) is 2.86. The quantitative estimate of drug-likeness (QED) is 0.523. The number of nitrogens with zero attached hydrogens (tertiary/aromatic N) is 2. The highest BCUT2D eigenvalue weighted by Gasteiger charge is 2.29. The van der Waals surface area contributed by atoms with Crippen molar-refractivity contribution in [2.24, 2.45) is 0 Å². The highest BCUT2D eigenvalue weighted by Crippen LogP contribution is 2.19. The van der Waals surface area contributed by atoms with E-state index in [9.17, 15) is 18.0 Å². The van der Waals surface area contributed by atoms with Crippen molar-refractivity contribution in [3.63, 3.8) is 0 Å². The maximum absolute atomic E-state index is 13.4. The van der Waals surface area contributed by atoms with Crippen molar-refractivity contribution < 1.29 is 18.0 Å². The molecule has 8 heteroatoms. The Kier molecular flexibility index (Phi) is 9.26. The molecule has 0 aliphatic heterocycles. The van der Waals surface area contributed by atoms with Gasteiger partial charge in [-0.3, -0.25) is 13.9 Å². The Labute approximate surface area is 191 Å². The molecule has 0 spiro atoms. The van der Waals surface area contributed by atoms with Crippen LogP contribution in [0.4, 0.5) is 5.69 Å². The van der Waals surface area contributed by atoms with Crippen LogP contribution in [-0.4, -0.2) is 50.5 Å². The highest BCUT2D eigenvalue weighted by atomic mass is 32.2. The third kappa shape index (κ3) is 7.37. The van der Waals surface area contributed by atoms with Crippen LogP contribution in [0.5, 0.6) is 0 Å². The van der Waals surface area contributed by atoms with Gasteiger partial charge in [0.1, 0.15) is 12.6 Å². The van der Waals surface area contributed by atoms with Crippen molar-refractivity contribution >= 4 is 27.5 Å². The fraction of sp³-hybridized carbons (Fsp3) is 0.417. The topological polar surface area (TPSA) is 86.8 Å². The van der Waals surface area contributed by atoms with E-state index >= 15 is 0 Å². The Balaban J connectivity index is 2.30. The number of aryl methyl sites for hydroxylation is 1. The van der Waals surface area contributed by atoms with E-state index in [1.165, 1.54) is 4.90 Å². The number of carbonyl (C=O) groups excluding carboxylic acids is 2. The van der Waals surface area contributed by atoms with Gasteiger partial charge < -0.3 is 10.2 Å². The second kappa shape index (κ2) is 11.7. The zero-order chi connectivity index (χ0) is 23.7. The van der Waals surface area contributed by atoms with Gasteiger partial charge >= 0.3 is 0 Å². The summed E-state index contributed by atoms with van der Waals surface area (Å²) in [5.41, 5.74) is 2.25. The van der Waals surface area contributed by atoms with E-state index in [4.69, 9.17) is 0 Å². The molecule has 0 radical (unpaired) electrons. The van der Waals surface area contributed by atoms with Crippen LogP contribution in [0.3, 0.4) is 0 Å². The number of benzene rings is 2. The summed E-state index contributed by atoms with van der Waals surface area (Å²) >= 11 is 0. The number of unbranched alkanes of at least 4 members (excludes halogenated alkanes) is 1. The van der Waals surface area contributed by atoms with E-state index in [0.717, 1.165) is 34.5 Å². The molecule has 2 aromatic carbocycles. The van der Waals surface area contributed by atoms with Gasteiger partial charge in [0.2, 0.25) is 21.8 Å². The largest absolute Gasteiger partial charge is 0.354 e. The van der Waals surface area contributed by atoms with E-state index in [1.54, 1.807) is 31.2 Å². The monoisotopic (exact) mass is 459 g/mol. The SMILES string of the molecule is CCCCNC(=O)[C@@H](C)N(Cc1ccccc1)C(=O)CN(c1ccc(C)cc1)S(C)(=O)=O. The van der Waals surface area contributed by atoms with Crippen LogP contribution in [0, 0.1) is 6.92 Å². The first-order valence-corrected chi connectivity index (χ1v) is 12.6. The van der Waals surface area contributed by atoms with Gasteiger partial charge in [0.05, 0.1) is 11.9 Å². The molecular weight excluding hydrogens is 426 g/mol. The van der Waals surface area contributed by atoms with E-state index < -0.39 is 22.0 Å². The van der Waals surface area contributed by atoms with Gasteiger partial charge in [-0.2, -0.15) is 0 Å². The molecule has 0 bridgehead atoms. The number of anilines is 1. The van der Waals surface area contributed by atoms with Gasteiger partial charge in [0.15, 0.2) is 0 Å². The number of hydrogen-bond donors (Lipinski definition) is 1. The number of rotatable bonds is 11. The molecule has 0 aliphatic rings. The average Bonchev–Trinajstić information content (AvgIpc) is 2.76. The molecule has 1 atom stereocenters. The molecule has 0 aromatic heterocycles. The fourth-order valence-corrected chi connectivity index (χ4v) is 4.07. The van der Waals surface area contributed by atoms with Gasteiger partial charge in [-0.25, -0.2) is 8.42 Å². The molecular formula is C24H33N3O4S. The summed E-state index contributed by atoms with van der Waals surface area (Å²) < 4.78 is 26.1. The Morgan fingerprint density at radius 1 is 1.03 bits per heavy atom. The zero-order valence-electron chi connectivity index (χ0n) is 19.2. The van der Waals surface area contributed by atoms with Crippen molar-refractivity contribution in [2.45, 2.75) is 46.2 Å². The van der Waals surface area contributed by atoms with E-state index in [1.807, 2.05) is 44.2 Å². The van der Waals surface area contributed by atoms with E-state index in [0.29, 0.717) is 12.2 Å². The van der Waals surface area contributed by atoms with Gasteiger partial charge in [0.25, 0.3) is 0 Å². The minimum Gasteiger partial charge on any atom is -0.354 e. The standard InChI is InChI=1S/C24H33N3O4S/c1-5-6-16-25-24(29)20(3)26(17-21-10-8-7-9-11-21)23(28)18-27(32(4,30)31)22-14-12-19(2)13-15-22/h7-15,20H,5-6,16-18H2,1-4H3,(H,25,29)/t20-/m1/s1. The molecule has 0 saturated heterocycles. The number of carbonyl (C=O) groups is 2. The Morgan fingerprint density at radius 2 is 1.66 bits per heavy atom. The van der Waals surface area contributed by atoms with E-state index in [-0.39, 0.29) is 19.0 Å². The molecule has 0 fully saturated rings. The summed E-state index contributed by atoms with van der Waals surface area (Å²) in [6.45, 7) is 5.95. The average molecular weight is 460 g/mol. The first-order valence-electron chi connectivity index (χ1n) is 10.8. The van der Waals surface area contributed by atoms with Gasteiger partial charge in [0, 0.05) is 13.1 Å². The Morgan fingerprint density at radius 3 is 2.22 bits per heavy atom. The van der Waals surface area contributed by atoms with Gasteiger partial charge in [-0.05, 0) is 38.0 Å². The lowest BCUT2D eigenvalue weighted by Crippen LogP contribution is -2.51. The lowest BCUT2D eigenvalue weighted by molar-refractivity contribution is -0.139. The molecule has 0 unspecified atom stereocenters.